The standard InChI is InChI=1S/C23H22BrFN2O/c1-16-14-19(24)10-13-21(16)26-22(28)15-27(2)23(17-6-4-3-5-7-17)18-8-11-20(25)12-9-18/h3-14,23H,15H2,1-2H3,(H,26,28). The number of benzene rings is 3. The smallest absolute Gasteiger partial charge is 0.238 e. The number of anilines is 1. The molecule has 0 saturated heterocycles. The van der Waals surface area contributed by atoms with Gasteiger partial charge in [0.05, 0.1) is 12.6 Å². The molecule has 0 aliphatic rings. The Labute approximate surface area is 173 Å². The van der Waals surface area contributed by atoms with Crippen molar-refractivity contribution in [3.05, 3.63) is 99.8 Å². The van der Waals surface area contributed by atoms with Gasteiger partial charge in [-0.2, -0.15) is 0 Å². The van der Waals surface area contributed by atoms with Gasteiger partial charge in [-0.25, -0.2) is 4.39 Å². The molecule has 3 aromatic rings. The van der Waals surface area contributed by atoms with Gasteiger partial charge in [-0.3, -0.25) is 9.69 Å². The predicted octanol–water partition coefficient (Wildman–Crippen LogP) is 5.56. The van der Waals surface area contributed by atoms with Gasteiger partial charge in [-0.05, 0) is 61.0 Å². The molecule has 0 aliphatic carbocycles. The molecule has 144 valence electrons. The summed E-state index contributed by atoms with van der Waals surface area (Å²) in [5.74, 6) is -0.377. The number of hydrogen-bond donors (Lipinski definition) is 1. The number of likely N-dealkylation sites (N-methyl/N-ethyl adjacent to an activating group) is 1. The van der Waals surface area contributed by atoms with Gasteiger partial charge in [0.2, 0.25) is 5.91 Å². The van der Waals surface area contributed by atoms with Crippen molar-refractivity contribution in [1.82, 2.24) is 4.90 Å². The van der Waals surface area contributed by atoms with Crippen LogP contribution in [0, 0.1) is 12.7 Å². The van der Waals surface area contributed by atoms with Crippen molar-refractivity contribution in [2.45, 2.75) is 13.0 Å². The highest BCUT2D eigenvalue weighted by Crippen LogP contribution is 2.28. The molecule has 0 bridgehead atoms. The molecule has 5 heteroatoms. The minimum absolute atomic E-state index is 0.101. The first-order valence-corrected chi connectivity index (χ1v) is 9.80. The fourth-order valence-electron chi connectivity index (χ4n) is 3.26. The first-order chi connectivity index (χ1) is 13.4. The van der Waals surface area contributed by atoms with Crippen LogP contribution in [0.15, 0.2) is 77.3 Å². The molecule has 28 heavy (non-hydrogen) atoms. The van der Waals surface area contributed by atoms with E-state index < -0.39 is 0 Å². The average molecular weight is 441 g/mol. The number of amides is 1. The summed E-state index contributed by atoms with van der Waals surface area (Å²) in [7, 11) is 1.90. The van der Waals surface area contributed by atoms with Crippen LogP contribution in [-0.2, 0) is 4.79 Å². The van der Waals surface area contributed by atoms with E-state index in [1.54, 1.807) is 12.1 Å². The van der Waals surface area contributed by atoms with Crippen molar-refractivity contribution < 1.29 is 9.18 Å². The Balaban J connectivity index is 1.80. The van der Waals surface area contributed by atoms with Gasteiger partial charge in [0.1, 0.15) is 5.82 Å². The van der Waals surface area contributed by atoms with Crippen LogP contribution in [0.25, 0.3) is 0 Å². The van der Waals surface area contributed by atoms with E-state index in [4.69, 9.17) is 0 Å². The summed E-state index contributed by atoms with van der Waals surface area (Å²) in [5.41, 5.74) is 3.76. The molecule has 3 rings (SSSR count). The lowest BCUT2D eigenvalue weighted by atomic mass is 9.97. The number of nitrogens with one attached hydrogen (secondary N) is 1. The molecule has 3 nitrogen and oxygen atoms in total. The highest BCUT2D eigenvalue weighted by Gasteiger charge is 2.21. The summed E-state index contributed by atoms with van der Waals surface area (Å²) in [6.07, 6.45) is 0. The van der Waals surface area contributed by atoms with Crippen LogP contribution in [0.4, 0.5) is 10.1 Å². The maximum Gasteiger partial charge on any atom is 0.238 e. The lowest BCUT2D eigenvalue weighted by Crippen LogP contribution is -2.34. The monoisotopic (exact) mass is 440 g/mol. The molecule has 0 saturated carbocycles. The fraction of sp³-hybridized carbons (Fsp3) is 0.174. The zero-order valence-electron chi connectivity index (χ0n) is 15.8. The molecular formula is C23H22BrFN2O. The number of aryl methyl sites for hydroxylation is 1. The SMILES string of the molecule is Cc1cc(Br)ccc1NC(=O)CN(C)C(c1ccccc1)c1ccc(F)cc1. The van der Waals surface area contributed by atoms with Crippen molar-refractivity contribution in [1.29, 1.82) is 0 Å². The second-order valence-electron chi connectivity index (χ2n) is 6.79. The molecule has 1 N–H and O–H groups in total. The van der Waals surface area contributed by atoms with Gasteiger partial charge < -0.3 is 5.32 Å². The van der Waals surface area contributed by atoms with Gasteiger partial charge in [-0.1, -0.05) is 58.4 Å². The van der Waals surface area contributed by atoms with Gasteiger partial charge in [0.15, 0.2) is 0 Å². The summed E-state index contributed by atoms with van der Waals surface area (Å²) in [6, 6.07) is 21.9. The summed E-state index contributed by atoms with van der Waals surface area (Å²) < 4.78 is 14.4. The van der Waals surface area contributed by atoms with Gasteiger partial charge in [-0.15, -0.1) is 0 Å². The van der Waals surface area contributed by atoms with Crippen molar-refractivity contribution in [3.8, 4) is 0 Å². The van der Waals surface area contributed by atoms with Crippen LogP contribution in [0.1, 0.15) is 22.7 Å². The van der Waals surface area contributed by atoms with Gasteiger partial charge in [0, 0.05) is 10.2 Å². The molecule has 3 aromatic carbocycles. The first kappa shape index (κ1) is 20.2. The van der Waals surface area contributed by atoms with E-state index in [-0.39, 0.29) is 24.3 Å². The number of hydrogen-bond acceptors (Lipinski definition) is 2. The number of halogens is 2. The fourth-order valence-corrected chi connectivity index (χ4v) is 3.73. The molecule has 0 fully saturated rings. The number of carbonyl (C=O) groups is 1. The number of rotatable bonds is 6. The maximum absolute atomic E-state index is 13.4. The lowest BCUT2D eigenvalue weighted by Gasteiger charge is -2.28. The van der Waals surface area contributed by atoms with Crippen LogP contribution in [0.2, 0.25) is 0 Å². The third kappa shape index (κ3) is 5.06. The molecule has 1 unspecified atom stereocenters. The van der Waals surface area contributed by atoms with Crippen LogP contribution < -0.4 is 5.32 Å². The minimum Gasteiger partial charge on any atom is -0.325 e. The van der Waals surface area contributed by atoms with E-state index in [1.165, 1.54) is 12.1 Å². The average Bonchev–Trinajstić information content (AvgIpc) is 2.67. The molecule has 0 aliphatic heterocycles. The summed E-state index contributed by atoms with van der Waals surface area (Å²) in [6.45, 7) is 2.15. The topological polar surface area (TPSA) is 32.3 Å². The van der Waals surface area contributed by atoms with Crippen LogP contribution >= 0.6 is 15.9 Å². The predicted molar refractivity (Wildman–Crippen MR) is 115 cm³/mol. The Kier molecular flexibility index (Phi) is 6.60. The van der Waals surface area contributed by atoms with Crippen molar-refractivity contribution in [3.63, 3.8) is 0 Å². The molecule has 0 radical (unpaired) electrons. The third-order valence-corrected chi connectivity index (χ3v) is 5.09. The second kappa shape index (κ2) is 9.13. The van der Waals surface area contributed by atoms with E-state index in [9.17, 15) is 9.18 Å². The van der Waals surface area contributed by atoms with E-state index in [1.807, 2.05) is 67.4 Å². The third-order valence-electron chi connectivity index (χ3n) is 4.60. The molecule has 0 aromatic heterocycles. The highest BCUT2D eigenvalue weighted by molar-refractivity contribution is 9.10. The van der Waals surface area contributed by atoms with Crippen LogP contribution in [-0.4, -0.2) is 24.4 Å². The zero-order chi connectivity index (χ0) is 20.1. The van der Waals surface area contributed by atoms with Crippen LogP contribution in [0.3, 0.4) is 0 Å². The Bertz CT molecular complexity index is 945. The molecular weight excluding hydrogens is 419 g/mol. The Morgan fingerprint density at radius 1 is 1.04 bits per heavy atom. The van der Waals surface area contributed by atoms with Gasteiger partial charge >= 0.3 is 0 Å². The Hall–Kier alpha value is -2.50. The Morgan fingerprint density at radius 3 is 2.32 bits per heavy atom. The normalized spacial score (nSPS) is 12.0. The van der Waals surface area contributed by atoms with Crippen molar-refractivity contribution in [2.24, 2.45) is 0 Å². The largest absolute Gasteiger partial charge is 0.325 e. The number of carbonyl (C=O) groups excluding carboxylic acids is 1. The first-order valence-electron chi connectivity index (χ1n) is 9.00. The molecule has 0 heterocycles. The molecule has 1 amide bonds. The Morgan fingerprint density at radius 2 is 1.68 bits per heavy atom. The second-order valence-corrected chi connectivity index (χ2v) is 7.70. The maximum atomic E-state index is 13.4. The quantitative estimate of drug-likeness (QED) is 0.544. The van der Waals surface area contributed by atoms with E-state index in [2.05, 4.69) is 21.2 Å². The van der Waals surface area contributed by atoms with E-state index >= 15 is 0 Å². The van der Waals surface area contributed by atoms with Crippen molar-refractivity contribution in [2.75, 3.05) is 18.9 Å². The van der Waals surface area contributed by atoms with E-state index in [0.29, 0.717) is 0 Å². The lowest BCUT2D eigenvalue weighted by molar-refractivity contribution is -0.117. The summed E-state index contributed by atoms with van der Waals surface area (Å²) in [4.78, 5) is 14.6. The van der Waals surface area contributed by atoms with Gasteiger partial charge in [0.25, 0.3) is 0 Å². The summed E-state index contributed by atoms with van der Waals surface area (Å²) >= 11 is 3.43. The minimum atomic E-state index is -0.276. The molecule has 1 atom stereocenters. The summed E-state index contributed by atoms with van der Waals surface area (Å²) in [5, 5.41) is 2.97. The van der Waals surface area contributed by atoms with E-state index in [0.717, 1.165) is 26.9 Å². The van der Waals surface area contributed by atoms with Crippen molar-refractivity contribution >= 4 is 27.5 Å². The number of nitrogens with zero attached hydrogens (tertiary/aromatic N) is 1. The molecule has 0 spiro atoms. The zero-order valence-corrected chi connectivity index (χ0v) is 17.4. The highest BCUT2D eigenvalue weighted by atomic mass is 79.9. The van der Waals surface area contributed by atoms with Crippen LogP contribution in [0.5, 0.6) is 0 Å².